The highest BCUT2D eigenvalue weighted by molar-refractivity contribution is 7.92. The zero-order valence-electron chi connectivity index (χ0n) is 14.5. The van der Waals surface area contributed by atoms with Crippen molar-refractivity contribution in [3.05, 3.63) is 77.6 Å². The van der Waals surface area contributed by atoms with Crippen LogP contribution in [0.4, 0.5) is 14.5 Å². The van der Waals surface area contributed by atoms with E-state index in [0.29, 0.717) is 12.1 Å². The number of carboxylic acid groups (broad SMARTS) is 1. The van der Waals surface area contributed by atoms with Crippen LogP contribution in [0.2, 0.25) is 0 Å². The number of sulfonamides is 1. The molecule has 6 nitrogen and oxygen atoms in total. The predicted molar refractivity (Wildman–Crippen MR) is 98.5 cm³/mol. The molecule has 1 aromatic heterocycles. The highest BCUT2D eigenvalue weighted by Gasteiger charge is 2.21. The molecule has 1 heterocycles. The van der Waals surface area contributed by atoms with Crippen LogP contribution in [-0.2, 0) is 10.0 Å². The lowest BCUT2D eigenvalue weighted by Crippen LogP contribution is -2.14. The largest absolute Gasteiger partial charge is 0.477 e. The van der Waals surface area contributed by atoms with Crippen LogP contribution in [0.1, 0.15) is 16.1 Å². The number of hydrogen-bond acceptors (Lipinski definition) is 4. The second-order valence-corrected chi connectivity index (χ2v) is 7.62. The summed E-state index contributed by atoms with van der Waals surface area (Å²) in [6.45, 7) is 1.85. The van der Waals surface area contributed by atoms with Crippen molar-refractivity contribution in [2.24, 2.45) is 0 Å². The van der Waals surface area contributed by atoms with Gasteiger partial charge < -0.3 is 5.11 Å². The minimum absolute atomic E-state index is 0.126. The normalized spacial score (nSPS) is 11.2. The Hall–Kier alpha value is -3.33. The lowest BCUT2D eigenvalue weighted by atomic mass is 10.1. The molecule has 0 saturated heterocycles. The van der Waals surface area contributed by atoms with Crippen molar-refractivity contribution >= 4 is 21.7 Å². The first-order valence-electron chi connectivity index (χ1n) is 7.95. The molecule has 0 radical (unpaired) electrons. The fourth-order valence-corrected chi connectivity index (χ4v) is 3.56. The van der Waals surface area contributed by atoms with Crippen LogP contribution >= 0.6 is 0 Å². The van der Waals surface area contributed by atoms with Gasteiger partial charge in [0.25, 0.3) is 10.0 Å². The van der Waals surface area contributed by atoms with Crippen molar-refractivity contribution in [1.82, 2.24) is 4.98 Å². The lowest BCUT2D eigenvalue weighted by molar-refractivity contribution is 0.0686. The molecular formula is C19H14F2N2O4S. The minimum Gasteiger partial charge on any atom is -0.477 e. The van der Waals surface area contributed by atoms with Crippen LogP contribution in [0, 0.1) is 18.6 Å². The number of hydrogen-bond donors (Lipinski definition) is 2. The summed E-state index contributed by atoms with van der Waals surface area (Å²) in [6.07, 6.45) is 1.66. The zero-order valence-corrected chi connectivity index (χ0v) is 15.3. The summed E-state index contributed by atoms with van der Waals surface area (Å²) in [7, 11) is -4.13. The number of benzene rings is 2. The van der Waals surface area contributed by atoms with E-state index < -0.39 is 38.9 Å². The second kappa shape index (κ2) is 7.35. The summed E-state index contributed by atoms with van der Waals surface area (Å²) in [6, 6.07) is 10.7. The first-order valence-corrected chi connectivity index (χ1v) is 9.44. The van der Waals surface area contributed by atoms with E-state index in [4.69, 9.17) is 5.11 Å². The van der Waals surface area contributed by atoms with Crippen LogP contribution in [-0.4, -0.2) is 24.5 Å². The van der Waals surface area contributed by atoms with Crippen molar-refractivity contribution < 1.29 is 27.1 Å². The van der Waals surface area contributed by atoms with E-state index in [1.165, 1.54) is 12.1 Å². The molecule has 0 amide bonds. The van der Waals surface area contributed by atoms with E-state index in [-0.39, 0.29) is 4.90 Å². The van der Waals surface area contributed by atoms with Gasteiger partial charge in [0.1, 0.15) is 17.2 Å². The van der Waals surface area contributed by atoms with Crippen LogP contribution < -0.4 is 4.72 Å². The fourth-order valence-electron chi connectivity index (χ4n) is 2.52. The van der Waals surface area contributed by atoms with Gasteiger partial charge in [-0.1, -0.05) is 18.2 Å². The highest BCUT2D eigenvalue weighted by atomic mass is 32.2. The molecule has 9 heteroatoms. The van der Waals surface area contributed by atoms with Gasteiger partial charge >= 0.3 is 5.97 Å². The molecule has 28 heavy (non-hydrogen) atoms. The summed E-state index contributed by atoms with van der Waals surface area (Å²) in [4.78, 5) is 14.9. The van der Waals surface area contributed by atoms with Gasteiger partial charge in [0.05, 0.1) is 10.6 Å². The van der Waals surface area contributed by atoms with Crippen molar-refractivity contribution in [2.45, 2.75) is 11.8 Å². The predicted octanol–water partition coefficient (Wildman–Crippen LogP) is 3.83. The van der Waals surface area contributed by atoms with Crippen LogP contribution in [0.25, 0.3) is 11.1 Å². The maximum Gasteiger partial charge on any atom is 0.341 e. The third-order valence-corrected chi connectivity index (χ3v) is 5.31. The molecule has 144 valence electrons. The Morgan fingerprint density at radius 1 is 1.00 bits per heavy atom. The van der Waals surface area contributed by atoms with Crippen molar-refractivity contribution in [3.63, 3.8) is 0 Å². The third kappa shape index (κ3) is 3.99. The zero-order chi connectivity index (χ0) is 20.5. The van der Waals surface area contributed by atoms with Crippen molar-refractivity contribution in [1.29, 1.82) is 0 Å². The smallest absolute Gasteiger partial charge is 0.341 e. The fraction of sp³-hybridized carbons (Fsp3) is 0.0526. The van der Waals surface area contributed by atoms with Crippen LogP contribution in [0.3, 0.4) is 0 Å². The maximum absolute atomic E-state index is 13.7. The molecule has 0 aliphatic heterocycles. The van der Waals surface area contributed by atoms with Gasteiger partial charge in [0.15, 0.2) is 0 Å². The number of rotatable bonds is 5. The molecule has 3 aromatic rings. The van der Waals surface area contributed by atoms with Crippen molar-refractivity contribution in [2.75, 3.05) is 4.72 Å². The van der Waals surface area contributed by atoms with E-state index in [0.717, 1.165) is 16.8 Å². The Morgan fingerprint density at radius 3 is 2.07 bits per heavy atom. The molecule has 0 aliphatic carbocycles. The van der Waals surface area contributed by atoms with Crippen LogP contribution in [0.15, 0.2) is 59.6 Å². The highest BCUT2D eigenvalue weighted by Crippen LogP contribution is 2.24. The first kappa shape index (κ1) is 19.4. The summed E-state index contributed by atoms with van der Waals surface area (Å²) in [5.41, 5.74) is 0.816. The number of carboxylic acids is 1. The van der Waals surface area contributed by atoms with E-state index in [1.807, 2.05) is 23.8 Å². The standard InChI is InChI=1S/C19H14F2N2O4S/c1-11-2-3-13(10-22-11)12-4-6-15(7-5-12)28(26,27)23-14-8-16(20)18(19(24)25)17(21)9-14/h2-10,23H,1H3,(H,24,25). The SMILES string of the molecule is Cc1ccc(-c2ccc(S(=O)(=O)Nc3cc(F)c(C(=O)O)c(F)c3)cc2)cn1. The number of nitrogens with zero attached hydrogens (tertiary/aromatic N) is 1. The molecule has 0 fully saturated rings. The van der Waals surface area contributed by atoms with Gasteiger partial charge in [-0.05, 0) is 42.8 Å². The number of carbonyl (C=O) groups is 1. The van der Waals surface area contributed by atoms with Gasteiger partial charge in [-0.2, -0.15) is 0 Å². The Bertz CT molecular complexity index is 1120. The molecule has 0 unspecified atom stereocenters. The Morgan fingerprint density at radius 2 is 1.57 bits per heavy atom. The average Bonchev–Trinajstić information content (AvgIpc) is 2.61. The van der Waals surface area contributed by atoms with Gasteiger partial charge in [-0.3, -0.25) is 9.71 Å². The molecule has 0 aliphatic rings. The van der Waals surface area contributed by atoms with Crippen LogP contribution in [0.5, 0.6) is 0 Å². The Balaban J connectivity index is 1.87. The Labute approximate surface area is 159 Å². The Kier molecular flexibility index (Phi) is 5.10. The molecule has 2 N–H and O–H groups in total. The van der Waals surface area contributed by atoms with Gasteiger partial charge in [0.2, 0.25) is 0 Å². The third-order valence-electron chi connectivity index (χ3n) is 3.92. The van der Waals surface area contributed by atoms with Gasteiger partial charge in [-0.15, -0.1) is 0 Å². The number of aromatic carboxylic acids is 1. The molecule has 0 atom stereocenters. The molecule has 0 bridgehead atoms. The summed E-state index contributed by atoms with van der Waals surface area (Å²) < 4.78 is 54.4. The average molecular weight is 404 g/mol. The quantitative estimate of drug-likeness (QED) is 0.674. The van der Waals surface area contributed by atoms with E-state index in [1.54, 1.807) is 18.3 Å². The molecule has 2 aromatic carbocycles. The van der Waals surface area contributed by atoms with Gasteiger partial charge in [0, 0.05) is 17.5 Å². The number of pyridine rings is 1. The van der Waals surface area contributed by atoms with Gasteiger partial charge in [-0.25, -0.2) is 22.0 Å². The van der Waals surface area contributed by atoms with Crippen molar-refractivity contribution in [3.8, 4) is 11.1 Å². The number of halogens is 2. The van der Waals surface area contributed by atoms with E-state index in [2.05, 4.69) is 4.98 Å². The second-order valence-electron chi connectivity index (χ2n) is 5.94. The maximum atomic E-state index is 13.7. The minimum atomic E-state index is -4.13. The molecule has 0 spiro atoms. The number of nitrogens with one attached hydrogen (secondary N) is 1. The van der Waals surface area contributed by atoms with E-state index in [9.17, 15) is 22.0 Å². The molecule has 0 saturated carbocycles. The number of aryl methyl sites for hydroxylation is 1. The summed E-state index contributed by atoms with van der Waals surface area (Å²) in [5.74, 6) is -4.55. The number of aromatic nitrogens is 1. The molecular weight excluding hydrogens is 390 g/mol. The topological polar surface area (TPSA) is 96.4 Å². The first-order chi connectivity index (χ1) is 13.2. The molecule has 3 rings (SSSR count). The summed E-state index contributed by atoms with van der Waals surface area (Å²) >= 11 is 0. The number of anilines is 1. The summed E-state index contributed by atoms with van der Waals surface area (Å²) in [5, 5.41) is 8.76. The lowest BCUT2D eigenvalue weighted by Gasteiger charge is -2.10. The monoisotopic (exact) mass is 404 g/mol. The van der Waals surface area contributed by atoms with E-state index >= 15 is 0 Å².